The summed E-state index contributed by atoms with van der Waals surface area (Å²) in [6.45, 7) is 0. The predicted molar refractivity (Wildman–Crippen MR) is 104 cm³/mol. The van der Waals surface area contributed by atoms with Crippen molar-refractivity contribution in [3.8, 4) is 28.4 Å². The number of amides is 1. The molecule has 3 aromatic heterocycles. The molecule has 0 saturated heterocycles. The smallest absolute Gasteiger partial charge is 0.253 e. The average molecular weight is 390 g/mol. The van der Waals surface area contributed by atoms with Gasteiger partial charge in [0.25, 0.3) is 5.91 Å². The first kappa shape index (κ1) is 16.7. The molecule has 1 aliphatic heterocycles. The minimum Gasteiger partial charge on any atom is -0.479 e. The topological polar surface area (TPSA) is 79.9 Å². The number of halogens is 1. The van der Waals surface area contributed by atoms with Gasteiger partial charge in [-0.05, 0) is 48.9 Å². The molecule has 7 heteroatoms. The highest BCUT2D eigenvalue weighted by atomic mass is 19.1. The summed E-state index contributed by atoms with van der Waals surface area (Å²) in [5, 5.41) is 3.20. The lowest BCUT2D eigenvalue weighted by Crippen LogP contribution is -2.43. The molecule has 1 saturated carbocycles. The number of aryl methyl sites for hydroxylation is 1. The second kappa shape index (κ2) is 5.65. The summed E-state index contributed by atoms with van der Waals surface area (Å²) in [7, 11) is 1.39. The zero-order valence-electron chi connectivity index (χ0n) is 15.9. The largest absolute Gasteiger partial charge is 0.479 e. The van der Waals surface area contributed by atoms with Gasteiger partial charge in [-0.3, -0.25) is 9.78 Å². The molecule has 3 aromatic rings. The maximum atomic E-state index is 14.1. The zero-order valence-corrected chi connectivity index (χ0v) is 15.9. The second-order valence-corrected chi connectivity index (χ2v) is 8.19. The molecule has 1 fully saturated rings. The van der Waals surface area contributed by atoms with E-state index in [0.29, 0.717) is 11.3 Å². The van der Waals surface area contributed by atoms with E-state index < -0.39 is 5.82 Å². The van der Waals surface area contributed by atoms with Crippen LogP contribution < -0.4 is 10.1 Å². The SMILES string of the molecule is COc1ncc(-c2cc3c(cn2)CCc2c-3[nH]c3c2C(=O)NC2(CC2)C3)cc1F. The second-order valence-electron chi connectivity index (χ2n) is 8.19. The lowest BCUT2D eigenvalue weighted by atomic mass is 9.87. The number of hydrogen-bond acceptors (Lipinski definition) is 4. The van der Waals surface area contributed by atoms with Crippen LogP contribution in [0.4, 0.5) is 4.39 Å². The lowest BCUT2D eigenvalue weighted by Gasteiger charge is -2.24. The summed E-state index contributed by atoms with van der Waals surface area (Å²) < 4.78 is 19.0. The molecule has 1 spiro atoms. The van der Waals surface area contributed by atoms with Gasteiger partial charge in [-0.2, -0.15) is 0 Å². The molecule has 0 aromatic carbocycles. The van der Waals surface area contributed by atoms with Crippen molar-refractivity contribution in [1.82, 2.24) is 20.3 Å². The van der Waals surface area contributed by atoms with Crippen molar-refractivity contribution in [2.75, 3.05) is 7.11 Å². The summed E-state index contributed by atoms with van der Waals surface area (Å²) in [6.07, 6.45) is 8.00. The third kappa shape index (κ3) is 2.43. The number of carbonyl (C=O) groups is 1. The molecule has 2 N–H and O–H groups in total. The highest BCUT2D eigenvalue weighted by molar-refractivity contribution is 6.01. The number of nitrogens with one attached hydrogen (secondary N) is 2. The maximum absolute atomic E-state index is 14.1. The molecule has 6 nitrogen and oxygen atoms in total. The van der Waals surface area contributed by atoms with Crippen molar-refractivity contribution in [1.29, 1.82) is 0 Å². The Morgan fingerprint density at radius 3 is 2.79 bits per heavy atom. The Morgan fingerprint density at radius 1 is 1.17 bits per heavy atom. The third-order valence-corrected chi connectivity index (χ3v) is 6.35. The molecular formula is C22H19FN4O2. The minimum atomic E-state index is -0.521. The number of nitrogens with zero attached hydrogens (tertiary/aromatic N) is 2. The minimum absolute atomic E-state index is 0.0317. The summed E-state index contributed by atoms with van der Waals surface area (Å²) in [5.74, 6) is -0.515. The van der Waals surface area contributed by atoms with E-state index in [1.165, 1.54) is 13.2 Å². The quantitative estimate of drug-likeness (QED) is 0.704. The van der Waals surface area contributed by atoms with E-state index in [2.05, 4.69) is 20.3 Å². The van der Waals surface area contributed by atoms with Crippen LogP contribution in [0.1, 0.15) is 40.0 Å². The van der Waals surface area contributed by atoms with Crippen LogP contribution in [0.3, 0.4) is 0 Å². The zero-order chi connectivity index (χ0) is 19.8. The van der Waals surface area contributed by atoms with Gasteiger partial charge in [-0.1, -0.05) is 0 Å². The van der Waals surface area contributed by atoms with Gasteiger partial charge in [0.15, 0.2) is 5.82 Å². The van der Waals surface area contributed by atoms with Crippen LogP contribution in [0.2, 0.25) is 0 Å². The number of pyridine rings is 2. The number of carbonyl (C=O) groups excluding carboxylic acids is 1. The van der Waals surface area contributed by atoms with Gasteiger partial charge in [0.1, 0.15) is 0 Å². The highest BCUT2D eigenvalue weighted by Crippen LogP contribution is 2.45. The lowest BCUT2D eigenvalue weighted by molar-refractivity contribution is 0.0917. The average Bonchev–Trinajstić information content (AvgIpc) is 3.33. The Bertz CT molecular complexity index is 1200. The number of H-pyrrole nitrogens is 1. The number of aromatic nitrogens is 3. The van der Waals surface area contributed by atoms with Gasteiger partial charge in [0.05, 0.1) is 24.1 Å². The van der Waals surface area contributed by atoms with Gasteiger partial charge in [-0.25, -0.2) is 9.37 Å². The Balaban J connectivity index is 1.47. The van der Waals surface area contributed by atoms with E-state index >= 15 is 0 Å². The van der Waals surface area contributed by atoms with Gasteiger partial charge in [0, 0.05) is 41.2 Å². The van der Waals surface area contributed by atoms with Crippen LogP contribution in [0, 0.1) is 5.82 Å². The van der Waals surface area contributed by atoms with Crippen molar-refractivity contribution in [3.63, 3.8) is 0 Å². The van der Waals surface area contributed by atoms with Crippen molar-refractivity contribution in [2.24, 2.45) is 0 Å². The Labute approximate surface area is 166 Å². The van der Waals surface area contributed by atoms with Crippen LogP contribution in [0.5, 0.6) is 5.88 Å². The summed E-state index contributed by atoms with van der Waals surface area (Å²) in [5.41, 5.74) is 7.29. The highest BCUT2D eigenvalue weighted by Gasteiger charge is 2.49. The molecule has 6 rings (SSSR count). The van der Waals surface area contributed by atoms with Crippen LogP contribution in [-0.2, 0) is 19.3 Å². The van der Waals surface area contributed by atoms with Gasteiger partial charge in [0.2, 0.25) is 5.88 Å². The summed E-state index contributed by atoms with van der Waals surface area (Å²) >= 11 is 0. The standard InChI is InChI=1S/C22H19FN4O2/c1-29-21-15(23)6-12(10-25-21)16-7-14-11(9-24-16)2-3-13-18-17(26-19(13)14)8-22(4-5-22)27-20(18)28/h6-7,9-10,26H,2-5,8H2,1H3,(H,27,28). The van der Waals surface area contributed by atoms with Crippen molar-refractivity contribution in [3.05, 3.63) is 52.7 Å². The predicted octanol–water partition coefficient (Wildman–Crippen LogP) is 3.20. The maximum Gasteiger partial charge on any atom is 0.253 e. The van der Waals surface area contributed by atoms with Crippen molar-refractivity contribution in [2.45, 2.75) is 37.6 Å². The Hall–Kier alpha value is -3.22. The summed E-state index contributed by atoms with van der Waals surface area (Å²) in [4.78, 5) is 24.9. The van der Waals surface area contributed by atoms with Crippen LogP contribution in [0.25, 0.3) is 22.5 Å². The molecule has 4 heterocycles. The monoisotopic (exact) mass is 390 g/mol. The van der Waals surface area contributed by atoms with E-state index in [1.54, 1.807) is 6.20 Å². The van der Waals surface area contributed by atoms with Crippen molar-refractivity contribution >= 4 is 5.91 Å². The number of fused-ring (bicyclic) bond motifs is 5. The summed E-state index contributed by atoms with van der Waals surface area (Å²) in [6, 6.07) is 3.34. The first-order valence-corrected chi connectivity index (χ1v) is 9.82. The fourth-order valence-electron chi connectivity index (χ4n) is 4.67. The molecule has 0 radical (unpaired) electrons. The van der Waals surface area contributed by atoms with Crippen LogP contribution in [0.15, 0.2) is 24.5 Å². The third-order valence-electron chi connectivity index (χ3n) is 6.35. The number of rotatable bonds is 2. The van der Waals surface area contributed by atoms with E-state index in [0.717, 1.165) is 65.7 Å². The molecule has 3 aliphatic rings. The first-order valence-electron chi connectivity index (χ1n) is 9.82. The van der Waals surface area contributed by atoms with Gasteiger partial charge in [-0.15, -0.1) is 0 Å². The fourth-order valence-corrected chi connectivity index (χ4v) is 4.67. The molecule has 146 valence electrons. The van der Waals surface area contributed by atoms with Crippen LogP contribution in [-0.4, -0.2) is 33.5 Å². The number of methoxy groups -OCH3 is 1. The van der Waals surface area contributed by atoms with Gasteiger partial charge >= 0.3 is 0 Å². The fraction of sp³-hybridized carbons (Fsp3) is 0.318. The normalized spacial score (nSPS) is 17.9. The molecule has 1 amide bonds. The molecule has 0 atom stereocenters. The van der Waals surface area contributed by atoms with Crippen LogP contribution >= 0.6 is 0 Å². The van der Waals surface area contributed by atoms with E-state index in [9.17, 15) is 9.18 Å². The van der Waals surface area contributed by atoms with E-state index in [4.69, 9.17) is 4.74 Å². The number of aromatic amines is 1. The number of hydrogen-bond donors (Lipinski definition) is 2. The Kier molecular flexibility index (Phi) is 3.26. The first-order chi connectivity index (χ1) is 14.1. The molecule has 2 aliphatic carbocycles. The molecular weight excluding hydrogens is 371 g/mol. The molecule has 0 unspecified atom stereocenters. The Morgan fingerprint density at radius 2 is 2.03 bits per heavy atom. The van der Waals surface area contributed by atoms with Crippen molar-refractivity contribution < 1.29 is 13.9 Å². The molecule has 0 bridgehead atoms. The number of ether oxygens (including phenoxy) is 1. The van der Waals surface area contributed by atoms with E-state index in [1.807, 2.05) is 12.3 Å². The molecule has 29 heavy (non-hydrogen) atoms. The van der Waals surface area contributed by atoms with Gasteiger partial charge < -0.3 is 15.0 Å². The van der Waals surface area contributed by atoms with E-state index in [-0.39, 0.29) is 17.3 Å².